The second-order valence-electron chi connectivity index (χ2n) is 7.19. The molecule has 0 saturated heterocycles. The third-order valence-electron chi connectivity index (χ3n) is 4.92. The summed E-state index contributed by atoms with van der Waals surface area (Å²) in [4.78, 5) is 17.0. The predicted octanol–water partition coefficient (Wildman–Crippen LogP) is 4.20. The molecule has 1 aliphatic carbocycles. The molecule has 1 amide bonds. The zero-order chi connectivity index (χ0) is 20.2. The van der Waals surface area contributed by atoms with Crippen LogP contribution in [-0.4, -0.2) is 27.3 Å². The summed E-state index contributed by atoms with van der Waals surface area (Å²) in [6.45, 7) is 3.12. The van der Waals surface area contributed by atoms with Crippen molar-refractivity contribution in [1.82, 2.24) is 20.1 Å². The molecular weight excluding hydrogens is 388 g/mol. The van der Waals surface area contributed by atoms with Gasteiger partial charge < -0.3 is 10.1 Å². The Labute approximate surface area is 174 Å². The molecule has 1 aromatic carbocycles. The van der Waals surface area contributed by atoms with Crippen molar-refractivity contribution in [1.29, 1.82) is 0 Å². The summed E-state index contributed by atoms with van der Waals surface area (Å²) in [5, 5.41) is 7.97. The van der Waals surface area contributed by atoms with Gasteiger partial charge in [0.2, 0.25) is 5.88 Å². The van der Waals surface area contributed by atoms with Gasteiger partial charge >= 0.3 is 0 Å². The highest BCUT2D eigenvalue weighted by Crippen LogP contribution is 2.29. The van der Waals surface area contributed by atoms with Crippen LogP contribution >= 0.6 is 11.6 Å². The Morgan fingerprint density at radius 3 is 2.83 bits per heavy atom. The van der Waals surface area contributed by atoms with E-state index in [1.807, 2.05) is 43.3 Å². The minimum Gasteiger partial charge on any atom is -0.477 e. The Morgan fingerprint density at radius 2 is 2.14 bits per heavy atom. The number of aromatic nitrogens is 3. The van der Waals surface area contributed by atoms with Gasteiger partial charge in [0, 0.05) is 23.8 Å². The number of nitrogens with one attached hydrogen (secondary N) is 1. The highest BCUT2D eigenvalue weighted by atomic mass is 35.5. The Morgan fingerprint density at radius 1 is 1.28 bits per heavy atom. The van der Waals surface area contributed by atoms with E-state index in [9.17, 15) is 4.79 Å². The van der Waals surface area contributed by atoms with Crippen molar-refractivity contribution >= 4 is 17.5 Å². The van der Waals surface area contributed by atoms with E-state index < -0.39 is 0 Å². The van der Waals surface area contributed by atoms with Crippen LogP contribution in [0, 0.1) is 5.92 Å². The van der Waals surface area contributed by atoms with Crippen molar-refractivity contribution in [3.63, 3.8) is 0 Å². The van der Waals surface area contributed by atoms with Crippen molar-refractivity contribution in [2.24, 2.45) is 5.92 Å². The maximum Gasteiger partial charge on any atom is 0.255 e. The standard InChI is InChI=1S/C22H23ClN4O2/c1-2-20-19(13-26-27(20)18-5-3-4-17(23)10-18)22(28)25-12-16-8-9-21(24-11-16)29-14-15-6-7-15/h3-5,8-11,13,15H,2,6-7,12,14H2,1H3,(H,25,28). The van der Waals surface area contributed by atoms with Gasteiger partial charge in [0.25, 0.3) is 5.91 Å². The first kappa shape index (κ1) is 19.5. The van der Waals surface area contributed by atoms with E-state index in [2.05, 4.69) is 15.4 Å². The van der Waals surface area contributed by atoms with Crippen LogP contribution in [0.15, 0.2) is 48.8 Å². The predicted molar refractivity (Wildman–Crippen MR) is 112 cm³/mol. The van der Waals surface area contributed by atoms with E-state index in [0.717, 1.165) is 23.6 Å². The summed E-state index contributed by atoms with van der Waals surface area (Å²) in [7, 11) is 0. The van der Waals surface area contributed by atoms with Gasteiger partial charge in [-0.3, -0.25) is 4.79 Å². The number of carbonyl (C=O) groups is 1. The molecule has 7 heteroatoms. The van der Waals surface area contributed by atoms with Gasteiger partial charge in [0.15, 0.2) is 0 Å². The fourth-order valence-corrected chi connectivity index (χ4v) is 3.28. The van der Waals surface area contributed by atoms with Crippen molar-refractivity contribution in [3.8, 4) is 11.6 Å². The normalized spacial score (nSPS) is 13.3. The lowest BCUT2D eigenvalue weighted by Gasteiger charge is -2.09. The van der Waals surface area contributed by atoms with Crippen molar-refractivity contribution in [3.05, 3.63) is 70.6 Å². The fourth-order valence-electron chi connectivity index (χ4n) is 3.10. The van der Waals surface area contributed by atoms with Gasteiger partial charge in [-0.1, -0.05) is 30.7 Å². The molecule has 4 rings (SSSR count). The zero-order valence-corrected chi connectivity index (χ0v) is 17.0. The van der Waals surface area contributed by atoms with Crippen LogP contribution in [0.5, 0.6) is 5.88 Å². The number of carbonyl (C=O) groups excluding carboxylic acids is 1. The van der Waals surface area contributed by atoms with E-state index in [1.165, 1.54) is 12.8 Å². The van der Waals surface area contributed by atoms with Gasteiger partial charge in [-0.15, -0.1) is 0 Å². The first-order valence-electron chi connectivity index (χ1n) is 9.83. The van der Waals surface area contributed by atoms with Gasteiger partial charge in [-0.2, -0.15) is 5.10 Å². The molecule has 6 nitrogen and oxygen atoms in total. The molecule has 0 radical (unpaired) electrons. The van der Waals surface area contributed by atoms with Gasteiger partial charge in [0.05, 0.1) is 29.7 Å². The molecule has 1 saturated carbocycles. The summed E-state index contributed by atoms with van der Waals surface area (Å²) in [6.07, 6.45) is 6.50. The van der Waals surface area contributed by atoms with Gasteiger partial charge in [-0.25, -0.2) is 9.67 Å². The molecule has 0 bridgehead atoms. The highest BCUT2D eigenvalue weighted by molar-refractivity contribution is 6.30. The smallest absolute Gasteiger partial charge is 0.255 e. The number of hydrogen-bond acceptors (Lipinski definition) is 4. The lowest BCUT2D eigenvalue weighted by molar-refractivity contribution is 0.0950. The summed E-state index contributed by atoms with van der Waals surface area (Å²) >= 11 is 6.09. The number of amides is 1. The molecule has 2 aromatic heterocycles. The second-order valence-corrected chi connectivity index (χ2v) is 7.63. The van der Waals surface area contributed by atoms with Crippen LogP contribution in [0.4, 0.5) is 0 Å². The van der Waals surface area contributed by atoms with Crippen LogP contribution in [0.3, 0.4) is 0 Å². The molecule has 3 aromatic rings. The third kappa shape index (κ3) is 4.77. The van der Waals surface area contributed by atoms with Crippen LogP contribution < -0.4 is 10.1 Å². The number of hydrogen-bond donors (Lipinski definition) is 1. The Balaban J connectivity index is 1.40. The van der Waals surface area contributed by atoms with E-state index in [4.69, 9.17) is 16.3 Å². The largest absolute Gasteiger partial charge is 0.477 e. The average Bonchev–Trinajstić information content (AvgIpc) is 3.47. The van der Waals surface area contributed by atoms with Crippen molar-refractivity contribution in [2.45, 2.75) is 32.7 Å². The minimum atomic E-state index is -0.163. The number of pyridine rings is 1. The molecule has 1 aliphatic rings. The molecule has 0 aliphatic heterocycles. The molecular formula is C22H23ClN4O2. The Bertz CT molecular complexity index is 996. The number of halogens is 1. The van der Waals surface area contributed by atoms with E-state index in [-0.39, 0.29) is 5.91 Å². The van der Waals surface area contributed by atoms with Crippen molar-refractivity contribution in [2.75, 3.05) is 6.61 Å². The van der Waals surface area contributed by atoms with Crippen LogP contribution in [-0.2, 0) is 13.0 Å². The first-order valence-corrected chi connectivity index (χ1v) is 10.2. The van der Waals surface area contributed by atoms with E-state index in [1.54, 1.807) is 17.1 Å². The van der Waals surface area contributed by atoms with Gasteiger partial charge in [-0.05, 0) is 48.9 Å². The summed E-state index contributed by atoms with van der Waals surface area (Å²) < 4.78 is 7.40. The zero-order valence-electron chi connectivity index (χ0n) is 16.3. The fraction of sp³-hybridized carbons (Fsp3) is 0.318. The Hall–Kier alpha value is -2.86. The number of benzene rings is 1. The molecule has 0 atom stereocenters. The number of ether oxygens (including phenoxy) is 1. The summed E-state index contributed by atoms with van der Waals surface area (Å²) in [5.74, 6) is 1.16. The monoisotopic (exact) mass is 410 g/mol. The number of nitrogens with zero attached hydrogens (tertiary/aromatic N) is 3. The molecule has 150 valence electrons. The molecule has 29 heavy (non-hydrogen) atoms. The summed E-state index contributed by atoms with van der Waals surface area (Å²) in [5.41, 5.74) is 3.15. The van der Waals surface area contributed by atoms with Crippen molar-refractivity contribution < 1.29 is 9.53 Å². The third-order valence-corrected chi connectivity index (χ3v) is 5.15. The first-order chi connectivity index (χ1) is 14.1. The quantitative estimate of drug-likeness (QED) is 0.604. The summed E-state index contributed by atoms with van der Waals surface area (Å²) in [6, 6.07) is 11.2. The molecule has 1 N–H and O–H groups in total. The lowest BCUT2D eigenvalue weighted by atomic mass is 10.2. The highest BCUT2D eigenvalue weighted by Gasteiger charge is 2.22. The minimum absolute atomic E-state index is 0.163. The van der Waals surface area contributed by atoms with E-state index in [0.29, 0.717) is 35.3 Å². The van der Waals surface area contributed by atoms with Gasteiger partial charge in [0.1, 0.15) is 0 Å². The van der Waals surface area contributed by atoms with Crippen LogP contribution in [0.2, 0.25) is 5.02 Å². The second kappa shape index (κ2) is 8.66. The maximum atomic E-state index is 12.7. The molecule has 2 heterocycles. The van der Waals surface area contributed by atoms with E-state index >= 15 is 0 Å². The lowest BCUT2D eigenvalue weighted by Crippen LogP contribution is -2.23. The van der Waals surface area contributed by atoms with Crippen LogP contribution in [0.25, 0.3) is 5.69 Å². The molecule has 0 spiro atoms. The topological polar surface area (TPSA) is 69.0 Å². The van der Waals surface area contributed by atoms with Crippen LogP contribution in [0.1, 0.15) is 41.4 Å². The SMILES string of the molecule is CCc1c(C(=O)NCc2ccc(OCC3CC3)nc2)cnn1-c1cccc(Cl)c1. The average molecular weight is 411 g/mol. The Kier molecular flexibility index (Phi) is 5.81. The molecule has 1 fully saturated rings. The number of rotatable bonds is 8. The maximum absolute atomic E-state index is 12.7. The molecule has 0 unspecified atom stereocenters.